The van der Waals surface area contributed by atoms with Gasteiger partial charge >= 0.3 is 5.97 Å². The van der Waals surface area contributed by atoms with Crippen molar-refractivity contribution in [1.82, 2.24) is 0 Å². The number of Topliss-reactive ketones (excluding diaryl/α,β-unsaturated/α-hetero) is 1. The Morgan fingerprint density at radius 3 is 2.32 bits per heavy atom. The fourth-order valence-electron chi connectivity index (χ4n) is 4.68. The number of benzene rings is 3. The van der Waals surface area contributed by atoms with E-state index in [2.05, 4.69) is 0 Å². The van der Waals surface area contributed by atoms with Crippen LogP contribution in [0.4, 0.5) is 0 Å². The normalized spacial score (nSPS) is 17.0. The highest BCUT2D eigenvalue weighted by atomic mass is 16.5. The number of carbonyl (C=O) groups excluding carboxylic acids is 2. The van der Waals surface area contributed by atoms with Crippen molar-refractivity contribution in [2.45, 2.75) is 12.3 Å². The van der Waals surface area contributed by atoms with Gasteiger partial charge in [-0.05, 0) is 48.0 Å². The molecule has 9 heteroatoms. The quantitative estimate of drug-likeness (QED) is 0.295. The average molecular weight is 504 g/mol. The third-order valence-corrected chi connectivity index (χ3v) is 6.41. The van der Waals surface area contributed by atoms with Gasteiger partial charge in [0.1, 0.15) is 11.5 Å². The van der Waals surface area contributed by atoms with Crippen LogP contribution in [0.15, 0.2) is 48.2 Å². The molecule has 0 radical (unpaired) electrons. The number of carbonyl (C=O) groups is 2. The second-order valence-corrected chi connectivity index (χ2v) is 8.38. The molecule has 0 saturated heterocycles. The van der Waals surface area contributed by atoms with Crippen molar-refractivity contribution < 1.29 is 43.1 Å². The number of rotatable bonds is 6. The second-order valence-electron chi connectivity index (χ2n) is 8.38. The van der Waals surface area contributed by atoms with Crippen LogP contribution >= 0.6 is 0 Å². The van der Waals surface area contributed by atoms with Crippen LogP contribution in [0.3, 0.4) is 0 Å². The van der Waals surface area contributed by atoms with Gasteiger partial charge in [0.15, 0.2) is 28.8 Å². The molecule has 0 aromatic heterocycles. The summed E-state index contributed by atoms with van der Waals surface area (Å²) in [4.78, 5) is 25.8. The van der Waals surface area contributed by atoms with Gasteiger partial charge in [-0.15, -0.1) is 0 Å². The Morgan fingerprint density at radius 2 is 1.62 bits per heavy atom. The number of fused-ring (bicyclic) bond motifs is 3. The predicted octanol–water partition coefficient (Wildman–Crippen LogP) is 4.48. The summed E-state index contributed by atoms with van der Waals surface area (Å²) in [6.07, 6.45) is 1.60. The van der Waals surface area contributed by atoms with E-state index in [-0.39, 0.29) is 29.5 Å². The van der Waals surface area contributed by atoms with Gasteiger partial charge in [-0.25, -0.2) is 0 Å². The molecule has 1 atom stereocenters. The molecule has 0 aliphatic carbocycles. The molecule has 0 saturated carbocycles. The Labute approximate surface area is 212 Å². The van der Waals surface area contributed by atoms with Gasteiger partial charge in [0, 0.05) is 17.0 Å². The van der Waals surface area contributed by atoms with Crippen LogP contribution in [0, 0.1) is 0 Å². The third kappa shape index (κ3) is 3.98. The van der Waals surface area contributed by atoms with Gasteiger partial charge in [-0.1, -0.05) is 6.07 Å². The topological polar surface area (TPSA) is 110 Å². The summed E-state index contributed by atoms with van der Waals surface area (Å²) in [7, 11) is 5.95. The number of phenols is 1. The van der Waals surface area contributed by atoms with E-state index in [1.165, 1.54) is 34.5 Å². The molecule has 1 unspecified atom stereocenters. The average Bonchev–Trinajstić information content (AvgIpc) is 3.22. The van der Waals surface area contributed by atoms with E-state index in [1.807, 2.05) is 0 Å². The molecule has 2 aliphatic heterocycles. The van der Waals surface area contributed by atoms with Crippen molar-refractivity contribution in [2.75, 3.05) is 28.4 Å². The van der Waals surface area contributed by atoms with Crippen molar-refractivity contribution in [3.05, 3.63) is 70.5 Å². The molecule has 190 valence electrons. The molecule has 0 amide bonds. The number of phenolic OH excluding ortho intramolecular Hbond substituents is 1. The van der Waals surface area contributed by atoms with Crippen LogP contribution < -0.4 is 28.4 Å². The van der Waals surface area contributed by atoms with Crippen molar-refractivity contribution >= 4 is 17.8 Å². The van der Waals surface area contributed by atoms with Crippen LogP contribution in [0.25, 0.3) is 6.08 Å². The molecule has 0 bridgehead atoms. The Hall–Kier alpha value is -4.66. The van der Waals surface area contributed by atoms with Crippen LogP contribution in [0.2, 0.25) is 0 Å². The highest BCUT2D eigenvalue weighted by molar-refractivity contribution is 6.15. The number of aromatic hydroxyl groups is 1. The van der Waals surface area contributed by atoms with Gasteiger partial charge in [0.05, 0.1) is 40.4 Å². The smallest absolute Gasteiger partial charge is 0.312 e. The molecule has 5 rings (SSSR count). The van der Waals surface area contributed by atoms with Crippen LogP contribution in [0.5, 0.6) is 40.2 Å². The Kier molecular flexibility index (Phi) is 6.12. The van der Waals surface area contributed by atoms with E-state index in [0.29, 0.717) is 51.0 Å². The maximum absolute atomic E-state index is 13.4. The molecule has 37 heavy (non-hydrogen) atoms. The minimum absolute atomic E-state index is 0.0244. The first-order valence-electron chi connectivity index (χ1n) is 11.4. The maximum atomic E-state index is 13.4. The van der Waals surface area contributed by atoms with E-state index in [9.17, 15) is 14.7 Å². The van der Waals surface area contributed by atoms with Crippen molar-refractivity contribution in [2.24, 2.45) is 0 Å². The van der Waals surface area contributed by atoms with E-state index in [1.54, 1.807) is 42.5 Å². The second kappa shape index (κ2) is 9.42. The zero-order valence-corrected chi connectivity index (χ0v) is 20.6. The number of hydrogen-bond donors (Lipinski definition) is 1. The minimum Gasteiger partial charge on any atom is -0.504 e. The molecule has 3 aromatic rings. The summed E-state index contributed by atoms with van der Waals surface area (Å²) in [5, 5.41) is 10.0. The largest absolute Gasteiger partial charge is 0.504 e. The monoisotopic (exact) mass is 504 g/mol. The lowest BCUT2D eigenvalue weighted by Gasteiger charge is -2.26. The predicted molar refractivity (Wildman–Crippen MR) is 132 cm³/mol. The van der Waals surface area contributed by atoms with Crippen molar-refractivity contribution in [1.29, 1.82) is 0 Å². The standard InChI is InChI=1S/C28H24O9/c1-32-20-9-6-15(26(34-3)28(20)35-4)12-22-25(31)16-7-10-19-24(27(16)37-22)17(13-23(30)36-19)14-5-8-18(29)21(11-14)33-2/h5-12,17,29H,13H2,1-4H3/b22-12-. The summed E-state index contributed by atoms with van der Waals surface area (Å²) in [6, 6.07) is 11.5. The van der Waals surface area contributed by atoms with E-state index in [0.717, 1.165) is 0 Å². The van der Waals surface area contributed by atoms with Crippen molar-refractivity contribution in [3.63, 3.8) is 0 Å². The number of methoxy groups -OCH3 is 4. The number of allylic oxidation sites excluding steroid dienone is 1. The van der Waals surface area contributed by atoms with Crippen LogP contribution in [-0.4, -0.2) is 45.3 Å². The van der Waals surface area contributed by atoms with Gasteiger partial charge in [0.2, 0.25) is 11.5 Å². The van der Waals surface area contributed by atoms with Gasteiger partial charge in [0.25, 0.3) is 0 Å². The Morgan fingerprint density at radius 1 is 0.865 bits per heavy atom. The number of hydrogen-bond acceptors (Lipinski definition) is 9. The van der Waals surface area contributed by atoms with Crippen LogP contribution in [0.1, 0.15) is 39.4 Å². The Balaban J connectivity index is 1.61. The SMILES string of the molecule is COc1cc(C2CC(=O)Oc3ccc4c(c32)O/C(=C\c2ccc(OC)c(OC)c2OC)C4=O)ccc1O. The minimum atomic E-state index is -0.483. The Bertz CT molecular complexity index is 1450. The van der Waals surface area contributed by atoms with Gasteiger partial charge < -0.3 is 33.5 Å². The number of esters is 1. The van der Waals surface area contributed by atoms with Gasteiger partial charge in [-0.3, -0.25) is 9.59 Å². The van der Waals surface area contributed by atoms with E-state index >= 15 is 0 Å². The third-order valence-electron chi connectivity index (χ3n) is 6.41. The molecule has 3 aromatic carbocycles. The summed E-state index contributed by atoms with van der Waals surface area (Å²) < 4.78 is 33.2. The highest BCUT2D eigenvalue weighted by Crippen LogP contribution is 2.50. The first kappa shape index (κ1) is 24.1. The fraction of sp³-hybridized carbons (Fsp3) is 0.214. The molecule has 0 fully saturated rings. The summed E-state index contributed by atoms with van der Waals surface area (Å²) >= 11 is 0. The van der Waals surface area contributed by atoms with Crippen molar-refractivity contribution in [3.8, 4) is 40.2 Å². The molecule has 2 aliphatic rings. The summed E-state index contributed by atoms with van der Waals surface area (Å²) in [5.41, 5.74) is 2.17. The molecule has 2 heterocycles. The lowest BCUT2D eigenvalue weighted by atomic mass is 9.84. The highest BCUT2D eigenvalue weighted by Gasteiger charge is 2.39. The zero-order valence-electron chi connectivity index (χ0n) is 20.6. The first-order chi connectivity index (χ1) is 17.9. The van der Waals surface area contributed by atoms with E-state index in [4.69, 9.17) is 28.4 Å². The molecular weight excluding hydrogens is 480 g/mol. The molecule has 0 spiro atoms. The molecular formula is C28H24O9. The molecule has 9 nitrogen and oxygen atoms in total. The fourth-order valence-corrected chi connectivity index (χ4v) is 4.68. The number of ether oxygens (including phenoxy) is 6. The van der Waals surface area contributed by atoms with E-state index < -0.39 is 11.9 Å². The summed E-state index contributed by atoms with van der Waals surface area (Å²) in [5.74, 6) is 0.964. The summed E-state index contributed by atoms with van der Waals surface area (Å²) in [6.45, 7) is 0. The number of ketones is 1. The zero-order chi connectivity index (χ0) is 26.3. The first-order valence-corrected chi connectivity index (χ1v) is 11.4. The molecule has 1 N–H and O–H groups in total. The maximum Gasteiger partial charge on any atom is 0.312 e. The lowest BCUT2D eigenvalue weighted by molar-refractivity contribution is -0.135. The van der Waals surface area contributed by atoms with Crippen LogP contribution in [-0.2, 0) is 4.79 Å². The van der Waals surface area contributed by atoms with Gasteiger partial charge in [-0.2, -0.15) is 0 Å². The lowest BCUT2D eigenvalue weighted by Crippen LogP contribution is -2.21.